The predicted octanol–water partition coefficient (Wildman–Crippen LogP) is 4.19. The average Bonchev–Trinajstić information content (AvgIpc) is 3.10. The van der Waals surface area contributed by atoms with Crippen molar-refractivity contribution in [3.8, 4) is 5.75 Å². The number of anilines is 4. The highest BCUT2D eigenvalue weighted by Crippen LogP contribution is 2.36. The molecule has 4 rings (SSSR count). The van der Waals surface area contributed by atoms with Crippen molar-refractivity contribution in [2.45, 2.75) is 44.6 Å². The van der Waals surface area contributed by atoms with Crippen molar-refractivity contribution < 1.29 is 4.74 Å². The first kappa shape index (κ1) is 22.9. The van der Waals surface area contributed by atoms with Gasteiger partial charge < -0.3 is 24.8 Å². The number of hydrogen-bond acceptors (Lipinski definition) is 8. The molecule has 2 fully saturated rings. The third kappa shape index (κ3) is 5.18. The molecule has 0 unspecified atom stereocenters. The summed E-state index contributed by atoms with van der Waals surface area (Å²) in [6.07, 6.45) is 6.92. The standard InChI is InChI=1S/C23H34ClN7O/c1-25-21-26-22(30-12-6-4-5-7-13-30)28-23(27-21)31(17-10-14-29(2)15-11-17)18-8-9-20(32-3)19(24)16-18/h8-9,16-17H,4-7,10-15H2,1-3H3,(H,25,26,27,28). The fourth-order valence-corrected chi connectivity index (χ4v) is 4.79. The zero-order chi connectivity index (χ0) is 22.5. The second-order valence-corrected chi connectivity index (χ2v) is 9.04. The van der Waals surface area contributed by atoms with Gasteiger partial charge in [-0.2, -0.15) is 15.0 Å². The van der Waals surface area contributed by atoms with Gasteiger partial charge in [-0.1, -0.05) is 24.4 Å². The number of benzene rings is 1. The molecule has 0 bridgehead atoms. The van der Waals surface area contributed by atoms with Crippen molar-refractivity contribution in [3.63, 3.8) is 0 Å². The Bertz CT molecular complexity index is 896. The number of nitrogens with zero attached hydrogens (tertiary/aromatic N) is 6. The highest BCUT2D eigenvalue weighted by Gasteiger charge is 2.29. The van der Waals surface area contributed by atoms with Crippen molar-refractivity contribution >= 4 is 35.1 Å². The maximum absolute atomic E-state index is 6.52. The van der Waals surface area contributed by atoms with Gasteiger partial charge >= 0.3 is 0 Å². The zero-order valence-electron chi connectivity index (χ0n) is 19.3. The van der Waals surface area contributed by atoms with Crippen molar-refractivity contribution in [2.24, 2.45) is 0 Å². The molecule has 32 heavy (non-hydrogen) atoms. The van der Waals surface area contributed by atoms with E-state index in [4.69, 9.17) is 31.3 Å². The molecule has 0 aliphatic carbocycles. The van der Waals surface area contributed by atoms with Gasteiger partial charge in [0.1, 0.15) is 5.75 Å². The quantitative estimate of drug-likeness (QED) is 0.689. The Morgan fingerprint density at radius 3 is 2.38 bits per heavy atom. The second kappa shape index (κ2) is 10.5. The molecule has 9 heteroatoms. The Kier molecular flexibility index (Phi) is 7.52. The number of rotatable bonds is 6. The SMILES string of the molecule is CNc1nc(N2CCCCCC2)nc(N(c2ccc(OC)c(Cl)c2)C2CCN(C)CC2)n1. The lowest BCUT2D eigenvalue weighted by Crippen LogP contribution is -2.42. The predicted molar refractivity (Wildman–Crippen MR) is 131 cm³/mol. The highest BCUT2D eigenvalue weighted by atomic mass is 35.5. The molecule has 3 heterocycles. The van der Waals surface area contributed by atoms with E-state index in [0.29, 0.717) is 22.7 Å². The lowest BCUT2D eigenvalue weighted by atomic mass is 10.0. The number of ether oxygens (including phenoxy) is 1. The van der Waals surface area contributed by atoms with Crippen LogP contribution in [0.1, 0.15) is 38.5 Å². The van der Waals surface area contributed by atoms with Crippen LogP contribution in [0.3, 0.4) is 0 Å². The van der Waals surface area contributed by atoms with Crippen LogP contribution in [0, 0.1) is 0 Å². The first-order valence-electron chi connectivity index (χ1n) is 11.6. The fraction of sp³-hybridized carbons (Fsp3) is 0.609. The topological polar surface area (TPSA) is 69.7 Å². The Morgan fingerprint density at radius 1 is 1.03 bits per heavy atom. The summed E-state index contributed by atoms with van der Waals surface area (Å²) in [6, 6.07) is 6.18. The number of nitrogens with one attached hydrogen (secondary N) is 1. The molecule has 0 atom stereocenters. The lowest BCUT2D eigenvalue weighted by Gasteiger charge is -2.37. The summed E-state index contributed by atoms with van der Waals surface area (Å²) in [5, 5.41) is 3.72. The smallest absolute Gasteiger partial charge is 0.236 e. The van der Waals surface area contributed by atoms with Crippen LogP contribution in [0.2, 0.25) is 5.02 Å². The van der Waals surface area contributed by atoms with Crippen LogP contribution in [0.15, 0.2) is 18.2 Å². The van der Waals surface area contributed by atoms with Gasteiger partial charge in [0.2, 0.25) is 17.8 Å². The van der Waals surface area contributed by atoms with Gasteiger partial charge in [-0.25, -0.2) is 0 Å². The van der Waals surface area contributed by atoms with Crippen LogP contribution < -0.4 is 19.9 Å². The molecule has 0 radical (unpaired) electrons. The van der Waals surface area contributed by atoms with E-state index in [9.17, 15) is 0 Å². The Hall–Kier alpha value is -2.32. The molecular weight excluding hydrogens is 426 g/mol. The molecule has 1 aromatic heterocycles. The van der Waals surface area contributed by atoms with Crippen LogP contribution in [-0.2, 0) is 0 Å². The third-order valence-electron chi connectivity index (χ3n) is 6.41. The van der Waals surface area contributed by atoms with Crippen molar-refractivity contribution in [1.29, 1.82) is 0 Å². The maximum Gasteiger partial charge on any atom is 0.236 e. The normalized spacial score (nSPS) is 18.3. The van der Waals surface area contributed by atoms with Crippen molar-refractivity contribution in [1.82, 2.24) is 19.9 Å². The van der Waals surface area contributed by atoms with E-state index in [1.54, 1.807) is 7.11 Å². The molecule has 0 amide bonds. The van der Waals surface area contributed by atoms with Gasteiger partial charge in [-0.05, 0) is 64.0 Å². The first-order valence-corrected chi connectivity index (χ1v) is 12.0. The molecular formula is C23H34ClN7O. The van der Waals surface area contributed by atoms with E-state index in [0.717, 1.165) is 50.7 Å². The fourth-order valence-electron chi connectivity index (χ4n) is 4.53. The van der Waals surface area contributed by atoms with E-state index in [1.807, 2.05) is 25.2 Å². The molecule has 0 saturated carbocycles. The summed E-state index contributed by atoms with van der Waals surface area (Å²) in [5.74, 6) is 2.67. The molecule has 0 spiro atoms. The highest BCUT2D eigenvalue weighted by molar-refractivity contribution is 6.32. The van der Waals surface area contributed by atoms with Gasteiger partial charge in [0.15, 0.2) is 0 Å². The summed E-state index contributed by atoms with van der Waals surface area (Å²) >= 11 is 6.52. The van der Waals surface area contributed by atoms with Crippen LogP contribution in [-0.4, -0.2) is 73.3 Å². The minimum Gasteiger partial charge on any atom is -0.495 e. The number of likely N-dealkylation sites (tertiary alicyclic amines) is 1. The zero-order valence-corrected chi connectivity index (χ0v) is 20.1. The van der Waals surface area contributed by atoms with Gasteiger partial charge in [0.05, 0.1) is 12.1 Å². The summed E-state index contributed by atoms with van der Waals surface area (Å²) in [4.78, 5) is 21.4. The third-order valence-corrected chi connectivity index (χ3v) is 6.70. The molecule has 2 aliphatic heterocycles. The number of piperidine rings is 1. The lowest BCUT2D eigenvalue weighted by molar-refractivity contribution is 0.254. The van der Waals surface area contributed by atoms with E-state index >= 15 is 0 Å². The summed E-state index contributed by atoms with van der Waals surface area (Å²) in [5.41, 5.74) is 0.973. The van der Waals surface area contributed by atoms with Crippen molar-refractivity contribution in [2.75, 3.05) is 62.5 Å². The van der Waals surface area contributed by atoms with Gasteiger partial charge in [-0.3, -0.25) is 0 Å². The minimum atomic E-state index is 0.278. The van der Waals surface area contributed by atoms with Crippen LogP contribution >= 0.6 is 11.6 Å². The van der Waals surface area contributed by atoms with E-state index < -0.39 is 0 Å². The van der Waals surface area contributed by atoms with Crippen LogP contribution in [0.5, 0.6) is 5.75 Å². The molecule has 174 valence electrons. The molecule has 1 N–H and O–H groups in total. The summed E-state index contributed by atoms with van der Waals surface area (Å²) in [7, 11) is 5.66. The van der Waals surface area contributed by atoms with Gasteiger partial charge in [-0.15, -0.1) is 0 Å². The summed E-state index contributed by atoms with van der Waals surface area (Å²) < 4.78 is 5.38. The second-order valence-electron chi connectivity index (χ2n) is 8.63. The van der Waals surface area contributed by atoms with E-state index in [1.165, 1.54) is 25.7 Å². The molecule has 1 aromatic carbocycles. The van der Waals surface area contributed by atoms with E-state index in [2.05, 4.69) is 27.1 Å². The van der Waals surface area contributed by atoms with Crippen molar-refractivity contribution in [3.05, 3.63) is 23.2 Å². The molecule has 2 aromatic rings. The molecule has 2 aliphatic rings. The number of hydrogen-bond donors (Lipinski definition) is 1. The Labute approximate surface area is 195 Å². The van der Waals surface area contributed by atoms with Crippen LogP contribution in [0.25, 0.3) is 0 Å². The monoisotopic (exact) mass is 459 g/mol. The molecule has 8 nitrogen and oxygen atoms in total. The van der Waals surface area contributed by atoms with Gasteiger partial charge in [0.25, 0.3) is 0 Å². The van der Waals surface area contributed by atoms with Gasteiger partial charge in [0, 0.05) is 31.9 Å². The summed E-state index contributed by atoms with van der Waals surface area (Å²) in [6.45, 7) is 4.03. The first-order chi connectivity index (χ1) is 15.6. The molecule has 2 saturated heterocycles. The Morgan fingerprint density at radius 2 is 1.75 bits per heavy atom. The maximum atomic E-state index is 6.52. The minimum absolute atomic E-state index is 0.278. The Balaban J connectivity index is 1.76. The number of aromatic nitrogens is 3. The average molecular weight is 460 g/mol. The van der Waals surface area contributed by atoms with Crippen LogP contribution in [0.4, 0.5) is 23.5 Å². The van der Waals surface area contributed by atoms with E-state index in [-0.39, 0.29) is 6.04 Å². The largest absolute Gasteiger partial charge is 0.495 e. The number of halogens is 1. The number of methoxy groups -OCH3 is 1.